The molecule has 100 valence electrons. The summed E-state index contributed by atoms with van der Waals surface area (Å²) in [7, 11) is 0. The second-order valence-electron chi connectivity index (χ2n) is 4.54. The van der Waals surface area contributed by atoms with Crippen LogP contribution < -0.4 is 5.32 Å². The zero-order valence-electron chi connectivity index (χ0n) is 10.4. The smallest absolute Gasteiger partial charge is 0.358 e. The van der Waals surface area contributed by atoms with Gasteiger partial charge in [-0.3, -0.25) is 4.79 Å². The van der Waals surface area contributed by atoms with Crippen molar-refractivity contribution in [2.24, 2.45) is 0 Å². The largest absolute Gasteiger partial charge is 0.408 e. The zero-order valence-corrected chi connectivity index (χ0v) is 11.2. The summed E-state index contributed by atoms with van der Waals surface area (Å²) >= 11 is 5.63. The fourth-order valence-electron chi connectivity index (χ4n) is 1.24. The molecule has 0 atom stereocenters. The van der Waals surface area contributed by atoms with Crippen molar-refractivity contribution in [2.75, 3.05) is 0 Å². The van der Waals surface area contributed by atoms with E-state index in [0.717, 1.165) is 11.1 Å². The molecule has 0 spiro atoms. The van der Waals surface area contributed by atoms with Crippen LogP contribution in [-0.4, -0.2) is 26.1 Å². The third kappa shape index (κ3) is 3.69. The molecule has 1 aromatic heterocycles. The average molecular weight is 275 g/mol. The van der Waals surface area contributed by atoms with E-state index < -0.39 is 10.7 Å². The molecule has 1 rings (SSSR count). The van der Waals surface area contributed by atoms with Gasteiger partial charge in [-0.15, -0.1) is 0 Å². The molecule has 0 aliphatic rings. The minimum absolute atomic E-state index is 0.0810. The Labute approximate surface area is 109 Å². The zero-order chi connectivity index (χ0) is 13.9. The Kier molecular flexibility index (Phi) is 4.28. The third-order valence-corrected chi connectivity index (χ3v) is 2.81. The van der Waals surface area contributed by atoms with E-state index >= 15 is 0 Å². The maximum Gasteiger partial charge on any atom is 0.408 e. The van der Waals surface area contributed by atoms with Crippen molar-refractivity contribution in [1.82, 2.24) is 15.1 Å². The number of carbonyl (C=O) groups excluding carboxylic acids is 1. The topological polar surface area (TPSA) is 90.1 Å². The molecule has 0 aliphatic carbocycles. The van der Waals surface area contributed by atoms with Gasteiger partial charge in [0.15, 0.2) is 5.02 Å². The van der Waals surface area contributed by atoms with Gasteiger partial charge in [-0.05, 0) is 25.2 Å². The second-order valence-corrected chi connectivity index (χ2v) is 4.95. The van der Waals surface area contributed by atoms with E-state index in [0.29, 0.717) is 0 Å². The molecule has 1 aromatic rings. The first-order valence-electron chi connectivity index (χ1n) is 5.43. The number of nitro groups is 1. The summed E-state index contributed by atoms with van der Waals surface area (Å²) < 4.78 is 1.15. The molecule has 7 nitrogen and oxygen atoms in total. The lowest BCUT2D eigenvalue weighted by molar-refractivity contribution is -0.389. The van der Waals surface area contributed by atoms with E-state index in [9.17, 15) is 14.9 Å². The van der Waals surface area contributed by atoms with Gasteiger partial charge in [0.2, 0.25) is 5.91 Å². The molecule has 0 radical (unpaired) electrons. The van der Waals surface area contributed by atoms with Crippen LogP contribution in [0, 0.1) is 10.1 Å². The summed E-state index contributed by atoms with van der Waals surface area (Å²) in [6.07, 6.45) is 2.04. The van der Waals surface area contributed by atoms with E-state index in [4.69, 9.17) is 11.6 Å². The van der Waals surface area contributed by atoms with Crippen molar-refractivity contribution in [3.8, 4) is 0 Å². The quantitative estimate of drug-likeness (QED) is 0.654. The van der Waals surface area contributed by atoms with Crippen LogP contribution in [0.15, 0.2) is 6.20 Å². The fourth-order valence-corrected chi connectivity index (χ4v) is 1.46. The lowest BCUT2D eigenvalue weighted by atomic mass is 10.0. The molecular weight excluding hydrogens is 260 g/mol. The first-order valence-corrected chi connectivity index (χ1v) is 5.81. The number of halogens is 1. The maximum absolute atomic E-state index is 11.7. The van der Waals surface area contributed by atoms with E-state index in [1.165, 1.54) is 6.20 Å². The standard InChI is InChI=1S/C10H15ClN4O3/c1-4-10(2,3)12-8(16)6-14-5-7(11)9(13-14)15(17)18/h5H,4,6H2,1-3H3,(H,12,16). The summed E-state index contributed by atoms with van der Waals surface area (Å²) in [6, 6.07) is 0. The summed E-state index contributed by atoms with van der Waals surface area (Å²) in [5.41, 5.74) is -0.319. The molecule has 0 aliphatic heterocycles. The van der Waals surface area contributed by atoms with E-state index in [2.05, 4.69) is 10.4 Å². The van der Waals surface area contributed by atoms with Crippen molar-refractivity contribution in [1.29, 1.82) is 0 Å². The molecule has 18 heavy (non-hydrogen) atoms. The predicted molar refractivity (Wildman–Crippen MR) is 66.4 cm³/mol. The highest BCUT2D eigenvalue weighted by molar-refractivity contribution is 6.32. The average Bonchev–Trinajstić information content (AvgIpc) is 2.58. The highest BCUT2D eigenvalue weighted by Gasteiger charge is 2.22. The maximum atomic E-state index is 11.7. The molecule has 0 saturated carbocycles. The van der Waals surface area contributed by atoms with Gasteiger partial charge in [-0.1, -0.05) is 18.5 Å². The molecule has 0 bridgehead atoms. The minimum Gasteiger partial charge on any atom is -0.358 e. The number of aromatic nitrogens is 2. The summed E-state index contributed by atoms with van der Waals surface area (Å²) in [5.74, 6) is -0.713. The lowest BCUT2D eigenvalue weighted by Crippen LogP contribution is -2.44. The Bertz CT molecular complexity index is 470. The van der Waals surface area contributed by atoms with Gasteiger partial charge in [-0.2, -0.15) is 4.68 Å². The number of amides is 1. The van der Waals surface area contributed by atoms with Crippen molar-refractivity contribution < 1.29 is 9.72 Å². The van der Waals surface area contributed by atoms with Gasteiger partial charge in [0, 0.05) is 5.54 Å². The van der Waals surface area contributed by atoms with Crippen LogP contribution in [0.4, 0.5) is 5.82 Å². The molecule has 1 N–H and O–H groups in total. The Hall–Kier alpha value is -1.63. The Morgan fingerprint density at radius 2 is 2.28 bits per heavy atom. The van der Waals surface area contributed by atoms with Crippen molar-refractivity contribution in [2.45, 2.75) is 39.3 Å². The van der Waals surface area contributed by atoms with E-state index in [1.54, 1.807) is 0 Å². The number of hydrogen-bond donors (Lipinski definition) is 1. The van der Waals surface area contributed by atoms with Crippen LogP contribution in [-0.2, 0) is 11.3 Å². The van der Waals surface area contributed by atoms with Crippen LogP contribution in [0.3, 0.4) is 0 Å². The minimum atomic E-state index is -0.688. The number of rotatable bonds is 5. The second kappa shape index (κ2) is 5.34. The summed E-state index contributed by atoms with van der Waals surface area (Å²) in [4.78, 5) is 21.5. The van der Waals surface area contributed by atoms with Crippen LogP contribution >= 0.6 is 11.6 Å². The normalized spacial score (nSPS) is 11.3. The molecule has 1 amide bonds. The highest BCUT2D eigenvalue weighted by Crippen LogP contribution is 2.21. The van der Waals surface area contributed by atoms with Gasteiger partial charge in [0.1, 0.15) is 6.54 Å². The molecule has 0 unspecified atom stereocenters. The first kappa shape index (κ1) is 14.4. The molecule has 8 heteroatoms. The number of carbonyl (C=O) groups is 1. The summed E-state index contributed by atoms with van der Waals surface area (Å²) in [6.45, 7) is 5.64. The van der Waals surface area contributed by atoms with Crippen molar-refractivity contribution in [3.63, 3.8) is 0 Å². The molecular formula is C10H15ClN4O3. The van der Waals surface area contributed by atoms with E-state index in [-0.39, 0.29) is 23.0 Å². The van der Waals surface area contributed by atoms with Crippen LogP contribution in [0.5, 0.6) is 0 Å². The monoisotopic (exact) mass is 274 g/mol. The van der Waals surface area contributed by atoms with Gasteiger partial charge in [0.05, 0.1) is 11.3 Å². The van der Waals surface area contributed by atoms with Gasteiger partial charge in [-0.25, -0.2) is 0 Å². The van der Waals surface area contributed by atoms with E-state index in [1.807, 2.05) is 20.8 Å². The third-order valence-electron chi connectivity index (χ3n) is 2.54. The predicted octanol–water partition coefficient (Wildman–Crippen LogP) is 1.75. The molecule has 0 aromatic carbocycles. The Morgan fingerprint density at radius 1 is 1.67 bits per heavy atom. The Morgan fingerprint density at radius 3 is 2.72 bits per heavy atom. The molecule has 0 saturated heterocycles. The van der Waals surface area contributed by atoms with Crippen molar-refractivity contribution in [3.05, 3.63) is 21.3 Å². The number of nitrogens with zero attached hydrogens (tertiary/aromatic N) is 3. The first-order chi connectivity index (χ1) is 8.25. The lowest BCUT2D eigenvalue weighted by Gasteiger charge is -2.24. The van der Waals surface area contributed by atoms with Crippen LogP contribution in [0.1, 0.15) is 27.2 Å². The van der Waals surface area contributed by atoms with Crippen LogP contribution in [0.25, 0.3) is 0 Å². The van der Waals surface area contributed by atoms with Gasteiger partial charge < -0.3 is 15.4 Å². The summed E-state index contributed by atoms with van der Waals surface area (Å²) in [5, 5.41) is 16.9. The van der Waals surface area contributed by atoms with Crippen molar-refractivity contribution >= 4 is 23.3 Å². The number of nitrogens with one attached hydrogen (secondary N) is 1. The Balaban J connectivity index is 2.71. The SMILES string of the molecule is CCC(C)(C)NC(=O)Cn1cc(Cl)c([N+](=O)[O-])n1. The molecule has 0 fully saturated rings. The van der Waals surface area contributed by atoms with Crippen LogP contribution in [0.2, 0.25) is 5.02 Å². The van der Waals surface area contributed by atoms with Gasteiger partial charge >= 0.3 is 5.82 Å². The highest BCUT2D eigenvalue weighted by atomic mass is 35.5. The number of hydrogen-bond acceptors (Lipinski definition) is 4. The molecule has 1 heterocycles. The van der Waals surface area contributed by atoms with Gasteiger partial charge in [0.25, 0.3) is 0 Å². The fraction of sp³-hybridized carbons (Fsp3) is 0.600.